The first kappa shape index (κ1) is 12.7. The lowest BCUT2D eigenvalue weighted by Gasteiger charge is -2.08. The lowest BCUT2D eigenvalue weighted by molar-refractivity contribution is -0.122. The minimum Gasteiger partial charge on any atom is -0.370 e. The van der Waals surface area contributed by atoms with Gasteiger partial charge in [0.05, 0.1) is 0 Å². The molecule has 16 heavy (non-hydrogen) atoms. The van der Waals surface area contributed by atoms with Crippen molar-refractivity contribution in [2.24, 2.45) is 5.73 Å². The Hall–Kier alpha value is -1.36. The molecule has 0 heterocycles. The van der Waals surface area contributed by atoms with Gasteiger partial charge in [0.2, 0.25) is 11.8 Å². The van der Waals surface area contributed by atoms with Crippen molar-refractivity contribution in [1.29, 1.82) is 0 Å². The molecule has 0 radical (unpaired) electrons. The SMILES string of the molecule is Cc1cc(Br)ccc1NC(=O)CCC(N)=O. The van der Waals surface area contributed by atoms with E-state index in [9.17, 15) is 9.59 Å². The molecule has 0 atom stereocenters. The van der Waals surface area contributed by atoms with Crippen molar-refractivity contribution < 1.29 is 9.59 Å². The second-order valence-electron chi connectivity index (χ2n) is 3.47. The van der Waals surface area contributed by atoms with Crippen LogP contribution in [-0.4, -0.2) is 11.8 Å². The van der Waals surface area contributed by atoms with Crippen LogP contribution in [0, 0.1) is 6.92 Å². The van der Waals surface area contributed by atoms with Gasteiger partial charge in [0.1, 0.15) is 0 Å². The average molecular weight is 285 g/mol. The number of nitrogens with one attached hydrogen (secondary N) is 1. The number of halogens is 1. The zero-order valence-electron chi connectivity index (χ0n) is 8.92. The molecule has 5 heteroatoms. The molecular formula is C11H13BrN2O2. The molecule has 86 valence electrons. The molecule has 4 nitrogen and oxygen atoms in total. The zero-order valence-corrected chi connectivity index (χ0v) is 10.5. The number of carbonyl (C=O) groups is 2. The number of benzene rings is 1. The molecule has 0 spiro atoms. The van der Waals surface area contributed by atoms with E-state index in [0.29, 0.717) is 0 Å². The molecule has 0 bridgehead atoms. The maximum atomic E-state index is 11.4. The fraction of sp³-hybridized carbons (Fsp3) is 0.273. The molecule has 3 N–H and O–H groups in total. The summed E-state index contributed by atoms with van der Waals surface area (Å²) in [6, 6.07) is 5.56. The van der Waals surface area contributed by atoms with Gasteiger partial charge in [-0.2, -0.15) is 0 Å². The molecule has 0 aliphatic carbocycles. The summed E-state index contributed by atoms with van der Waals surface area (Å²) in [6.07, 6.45) is 0.187. The van der Waals surface area contributed by atoms with Crippen LogP contribution in [0.3, 0.4) is 0 Å². The topological polar surface area (TPSA) is 72.2 Å². The summed E-state index contributed by atoms with van der Waals surface area (Å²) >= 11 is 3.34. The van der Waals surface area contributed by atoms with Crippen LogP contribution in [-0.2, 0) is 9.59 Å². The summed E-state index contributed by atoms with van der Waals surface area (Å²) < 4.78 is 0.958. The summed E-state index contributed by atoms with van der Waals surface area (Å²) in [6.45, 7) is 1.90. The van der Waals surface area contributed by atoms with Gasteiger partial charge >= 0.3 is 0 Å². The molecule has 0 aliphatic rings. The Labute approximate surface area is 102 Å². The molecule has 0 fully saturated rings. The number of hydrogen-bond acceptors (Lipinski definition) is 2. The Bertz CT molecular complexity index is 418. The van der Waals surface area contributed by atoms with E-state index in [-0.39, 0.29) is 18.7 Å². The van der Waals surface area contributed by atoms with Gasteiger partial charge in [0, 0.05) is 23.0 Å². The van der Waals surface area contributed by atoms with Crippen molar-refractivity contribution in [3.63, 3.8) is 0 Å². The molecular weight excluding hydrogens is 272 g/mol. The monoisotopic (exact) mass is 284 g/mol. The maximum Gasteiger partial charge on any atom is 0.224 e. The van der Waals surface area contributed by atoms with Crippen LogP contribution in [0.25, 0.3) is 0 Å². The van der Waals surface area contributed by atoms with Gasteiger partial charge in [-0.15, -0.1) is 0 Å². The predicted octanol–water partition coefficient (Wildman–Crippen LogP) is 1.96. The Balaban J connectivity index is 2.59. The lowest BCUT2D eigenvalue weighted by atomic mass is 10.2. The second kappa shape index (κ2) is 5.65. The zero-order chi connectivity index (χ0) is 12.1. The number of carbonyl (C=O) groups excluding carboxylic acids is 2. The Morgan fingerprint density at radius 3 is 2.62 bits per heavy atom. The largest absolute Gasteiger partial charge is 0.370 e. The van der Waals surface area contributed by atoms with Crippen LogP contribution in [0.5, 0.6) is 0 Å². The second-order valence-corrected chi connectivity index (χ2v) is 4.39. The lowest BCUT2D eigenvalue weighted by Crippen LogP contribution is -2.17. The number of anilines is 1. The summed E-state index contributed by atoms with van der Waals surface area (Å²) in [5.41, 5.74) is 6.67. The molecule has 1 aromatic rings. The van der Waals surface area contributed by atoms with Gasteiger partial charge in [-0.25, -0.2) is 0 Å². The van der Waals surface area contributed by atoms with Crippen molar-refractivity contribution in [1.82, 2.24) is 0 Å². The summed E-state index contributed by atoms with van der Waals surface area (Å²) in [5.74, 6) is -0.674. The number of nitrogens with two attached hydrogens (primary N) is 1. The third kappa shape index (κ3) is 4.02. The van der Waals surface area contributed by atoms with Crippen LogP contribution in [0.1, 0.15) is 18.4 Å². The van der Waals surface area contributed by atoms with Crippen molar-refractivity contribution in [3.05, 3.63) is 28.2 Å². The van der Waals surface area contributed by atoms with Gasteiger partial charge in [0.25, 0.3) is 0 Å². The van der Waals surface area contributed by atoms with E-state index in [4.69, 9.17) is 5.73 Å². The van der Waals surface area contributed by atoms with Gasteiger partial charge in [-0.3, -0.25) is 9.59 Å². The number of rotatable bonds is 4. The maximum absolute atomic E-state index is 11.4. The van der Waals surface area contributed by atoms with Crippen LogP contribution >= 0.6 is 15.9 Å². The van der Waals surface area contributed by atoms with E-state index < -0.39 is 5.91 Å². The van der Waals surface area contributed by atoms with Gasteiger partial charge < -0.3 is 11.1 Å². The van der Waals surface area contributed by atoms with Crippen LogP contribution in [0.2, 0.25) is 0 Å². The molecule has 0 saturated carbocycles. The fourth-order valence-electron chi connectivity index (χ4n) is 1.22. The number of primary amides is 1. The van der Waals surface area contributed by atoms with Crippen molar-refractivity contribution in [3.8, 4) is 0 Å². The summed E-state index contributed by atoms with van der Waals surface area (Å²) in [5, 5.41) is 2.73. The summed E-state index contributed by atoms with van der Waals surface area (Å²) in [4.78, 5) is 21.9. The third-order valence-electron chi connectivity index (χ3n) is 2.06. The Morgan fingerprint density at radius 1 is 1.38 bits per heavy atom. The Morgan fingerprint density at radius 2 is 2.06 bits per heavy atom. The van der Waals surface area contributed by atoms with E-state index in [2.05, 4.69) is 21.2 Å². The van der Waals surface area contributed by atoms with Crippen molar-refractivity contribution in [2.75, 3.05) is 5.32 Å². The van der Waals surface area contributed by atoms with Crippen molar-refractivity contribution >= 4 is 33.4 Å². The van der Waals surface area contributed by atoms with Crippen LogP contribution in [0.4, 0.5) is 5.69 Å². The molecule has 1 rings (SSSR count). The Kier molecular flexibility index (Phi) is 4.49. The molecule has 0 aromatic heterocycles. The number of hydrogen-bond donors (Lipinski definition) is 2. The first-order chi connectivity index (χ1) is 7.49. The van der Waals surface area contributed by atoms with Gasteiger partial charge in [-0.05, 0) is 30.7 Å². The van der Waals surface area contributed by atoms with E-state index in [1.54, 1.807) is 0 Å². The number of amides is 2. The molecule has 1 aromatic carbocycles. The van der Waals surface area contributed by atoms with Crippen LogP contribution < -0.4 is 11.1 Å². The quantitative estimate of drug-likeness (QED) is 0.887. The summed E-state index contributed by atoms with van der Waals surface area (Å²) in [7, 11) is 0. The van der Waals surface area contributed by atoms with E-state index in [1.165, 1.54) is 0 Å². The van der Waals surface area contributed by atoms with E-state index in [1.807, 2.05) is 25.1 Å². The molecule has 2 amide bonds. The minimum atomic E-state index is -0.470. The van der Waals surface area contributed by atoms with Gasteiger partial charge in [-0.1, -0.05) is 15.9 Å². The van der Waals surface area contributed by atoms with Gasteiger partial charge in [0.15, 0.2) is 0 Å². The van der Waals surface area contributed by atoms with Crippen LogP contribution in [0.15, 0.2) is 22.7 Å². The first-order valence-corrected chi connectivity index (χ1v) is 5.62. The van der Waals surface area contributed by atoms with Crippen molar-refractivity contribution in [2.45, 2.75) is 19.8 Å². The fourth-order valence-corrected chi connectivity index (χ4v) is 1.69. The number of aryl methyl sites for hydroxylation is 1. The molecule has 0 unspecified atom stereocenters. The highest BCUT2D eigenvalue weighted by molar-refractivity contribution is 9.10. The average Bonchev–Trinajstić information content (AvgIpc) is 2.19. The predicted molar refractivity (Wildman–Crippen MR) is 65.9 cm³/mol. The minimum absolute atomic E-state index is 0.0708. The first-order valence-electron chi connectivity index (χ1n) is 4.83. The normalized spacial score (nSPS) is 9.88. The molecule has 0 aliphatic heterocycles. The third-order valence-corrected chi connectivity index (χ3v) is 2.55. The highest BCUT2D eigenvalue weighted by Gasteiger charge is 2.06. The van der Waals surface area contributed by atoms with E-state index >= 15 is 0 Å². The van der Waals surface area contributed by atoms with E-state index in [0.717, 1.165) is 15.7 Å². The highest BCUT2D eigenvalue weighted by Crippen LogP contribution is 2.20. The standard InChI is InChI=1S/C11H13BrN2O2/c1-7-6-8(12)2-3-9(7)14-11(16)5-4-10(13)15/h2-3,6H,4-5H2,1H3,(H2,13,15)(H,14,16). The smallest absolute Gasteiger partial charge is 0.224 e. The molecule has 0 saturated heterocycles. The highest BCUT2D eigenvalue weighted by atomic mass is 79.9.